The average Bonchev–Trinajstić information content (AvgIpc) is 3.30. The highest BCUT2D eigenvalue weighted by Crippen LogP contribution is 2.36. The van der Waals surface area contributed by atoms with Crippen molar-refractivity contribution in [2.75, 3.05) is 0 Å². The molecule has 0 bridgehead atoms. The van der Waals surface area contributed by atoms with Crippen molar-refractivity contribution in [2.24, 2.45) is 0 Å². The molecule has 1 aliphatic rings. The van der Waals surface area contributed by atoms with Gasteiger partial charge in [0, 0.05) is 16.6 Å². The topological polar surface area (TPSA) is 93.7 Å². The van der Waals surface area contributed by atoms with Gasteiger partial charge in [0.25, 0.3) is 16.8 Å². The highest BCUT2D eigenvalue weighted by Gasteiger charge is 2.35. The number of furan rings is 1. The molecule has 150 valence electrons. The van der Waals surface area contributed by atoms with Gasteiger partial charge in [-0.1, -0.05) is 46.3 Å². The molecule has 0 aliphatic carbocycles. The Morgan fingerprint density at radius 3 is 2.57 bits per heavy atom. The zero-order valence-electron chi connectivity index (χ0n) is 15.3. The summed E-state index contributed by atoms with van der Waals surface area (Å²) in [5.41, 5.74) is 1.08. The van der Waals surface area contributed by atoms with Crippen molar-refractivity contribution in [3.05, 3.63) is 91.5 Å². The van der Waals surface area contributed by atoms with Gasteiger partial charge in [-0.05, 0) is 41.6 Å². The first-order valence-corrected chi connectivity index (χ1v) is 10.4. The maximum atomic E-state index is 12.7. The van der Waals surface area contributed by atoms with Gasteiger partial charge in [-0.2, -0.15) is 0 Å². The highest BCUT2D eigenvalue weighted by atomic mass is 79.9. The molecule has 4 rings (SSSR count). The monoisotopic (exact) mass is 484 g/mol. The zero-order valence-corrected chi connectivity index (χ0v) is 17.7. The molecule has 1 saturated heterocycles. The van der Waals surface area contributed by atoms with Crippen LogP contribution in [0.2, 0.25) is 0 Å². The minimum Gasteiger partial charge on any atom is -0.456 e. The van der Waals surface area contributed by atoms with Crippen LogP contribution in [-0.4, -0.2) is 21.0 Å². The fourth-order valence-corrected chi connectivity index (χ4v) is 4.21. The third-order valence-electron chi connectivity index (χ3n) is 4.43. The number of imide groups is 1. The van der Waals surface area contributed by atoms with E-state index in [-0.39, 0.29) is 22.4 Å². The van der Waals surface area contributed by atoms with E-state index in [4.69, 9.17) is 4.42 Å². The van der Waals surface area contributed by atoms with E-state index < -0.39 is 10.8 Å². The van der Waals surface area contributed by atoms with Crippen LogP contribution in [0.15, 0.2) is 74.5 Å². The minimum atomic E-state index is -0.482. The predicted octanol–water partition coefficient (Wildman–Crippen LogP) is 5.85. The summed E-state index contributed by atoms with van der Waals surface area (Å²) in [6.45, 7) is 0.156. The molecule has 0 atom stereocenters. The SMILES string of the molecule is O=C1S/C(=C\c2ccc(-c3ccccc3[N+](=O)[O-])o2)C(=O)N1Cc1ccccc1Br. The van der Waals surface area contributed by atoms with Crippen molar-refractivity contribution in [3.63, 3.8) is 0 Å². The minimum absolute atomic E-state index is 0.0767. The van der Waals surface area contributed by atoms with Gasteiger partial charge in [0.05, 0.1) is 21.9 Å². The number of amides is 2. The molecule has 1 fully saturated rings. The molecule has 2 amide bonds. The number of carbonyl (C=O) groups is 2. The fourth-order valence-electron chi connectivity index (χ4n) is 2.98. The molecule has 2 heterocycles. The number of carbonyl (C=O) groups excluding carboxylic acids is 2. The molecule has 3 aromatic rings. The van der Waals surface area contributed by atoms with E-state index in [1.807, 2.05) is 24.3 Å². The number of thioether (sulfide) groups is 1. The van der Waals surface area contributed by atoms with E-state index in [1.54, 1.807) is 30.3 Å². The summed E-state index contributed by atoms with van der Waals surface area (Å²) in [5, 5.41) is 10.9. The second-order valence-corrected chi connectivity index (χ2v) is 8.18. The first kappa shape index (κ1) is 20.1. The lowest BCUT2D eigenvalue weighted by Crippen LogP contribution is -2.27. The van der Waals surface area contributed by atoms with Gasteiger partial charge >= 0.3 is 0 Å². The van der Waals surface area contributed by atoms with E-state index in [9.17, 15) is 19.7 Å². The predicted molar refractivity (Wildman–Crippen MR) is 116 cm³/mol. The molecule has 1 aliphatic heterocycles. The molecule has 30 heavy (non-hydrogen) atoms. The van der Waals surface area contributed by atoms with Crippen LogP contribution in [-0.2, 0) is 11.3 Å². The number of para-hydroxylation sites is 1. The molecule has 1 aromatic heterocycles. The van der Waals surface area contributed by atoms with E-state index >= 15 is 0 Å². The Kier molecular flexibility index (Phi) is 5.56. The number of benzene rings is 2. The number of nitro benzene ring substituents is 1. The zero-order chi connectivity index (χ0) is 21.3. The second kappa shape index (κ2) is 8.29. The van der Waals surface area contributed by atoms with Crippen LogP contribution in [0.4, 0.5) is 10.5 Å². The van der Waals surface area contributed by atoms with Crippen molar-refractivity contribution in [1.29, 1.82) is 0 Å². The number of nitro groups is 1. The summed E-state index contributed by atoms with van der Waals surface area (Å²) in [5.74, 6) is 0.222. The van der Waals surface area contributed by atoms with Crippen LogP contribution >= 0.6 is 27.7 Å². The van der Waals surface area contributed by atoms with E-state index in [0.717, 1.165) is 21.8 Å². The smallest absolute Gasteiger partial charge is 0.293 e. The summed E-state index contributed by atoms with van der Waals surface area (Å²) in [6.07, 6.45) is 1.48. The Hall–Kier alpha value is -3.17. The largest absolute Gasteiger partial charge is 0.456 e. The fraction of sp³-hybridized carbons (Fsp3) is 0.0476. The molecule has 0 saturated carbocycles. The van der Waals surface area contributed by atoms with E-state index in [1.165, 1.54) is 17.0 Å². The molecule has 0 radical (unpaired) electrons. The first-order chi connectivity index (χ1) is 14.4. The molecule has 0 spiro atoms. The maximum absolute atomic E-state index is 12.7. The maximum Gasteiger partial charge on any atom is 0.293 e. The van der Waals surface area contributed by atoms with Crippen LogP contribution in [0.3, 0.4) is 0 Å². The second-order valence-electron chi connectivity index (χ2n) is 6.34. The Balaban J connectivity index is 1.58. The van der Waals surface area contributed by atoms with Crippen LogP contribution in [0, 0.1) is 10.1 Å². The van der Waals surface area contributed by atoms with Gasteiger partial charge < -0.3 is 4.42 Å². The Morgan fingerprint density at radius 1 is 1.07 bits per heavy atom. The third kappa shape index (κ3) is 3.94. The summed E-state index contributed by atoms with van der Waals surface area (Å²) < 4.78 is 6.51. The summed E-state index contributed by atoms with van der Waals surface area (Å²) in [4.78, 5) is 37.2. The molecule has 9 heteroatoms. The van der Waals surface area contributed by atoms with Crippen molar-refractivity contribution in [1.82, 2.24) is 4.90 Å². The van der Waals surface area contributed by atoms with Gasteiger partial charge in [0.1, 0.15) is 11.5 Å². The first-order valence-electron chi connectivity index (χ1n) is 8.76. The van der Waals surface area contributed by atoms with Gasteiger partial charge in [-0.25, -0.2) is 0 Å². The Bertz CT molecular complexity index is 1200. The van der Waals surface area contributed by atoms with E-state index in [0.29, 0.717) is 17.1 Å². The quantitative estimate of drug-likeness (QED) is 0.256. The number of halogens is 1. The van der Waals surface area contributed by atoms with Crippen molar-refractivity contribution in [3.8, 4) is 11.3 Å². The van der Waals surface area contributed by atoms with Crippen LogP contribution in [0.25, 0.3) is 17.4 Å². The average molecular weight is 485 g/mol. The molecule has 7 nitrogen and oxygen atoms in total. The number of hydrogen-bond donors (Lipinski definition) is 0. The molecule has 2 aromatic carbocycles. The van der Waals surface area contributed by atoms with Gasteiger partial charge in [-0.3, -0.25) is 24.6 Å². The lowest BCUT2D eigenvalue weighted by Gasteiger charge is -2.13. The lowest BCUT2D eigenvalue weighted by molar-refractivity contribution is -0.384. The van der Waals surface area contributed by atoms with Crippen molar-refractivity contribution < 1.29 is 18.9 Å². The van der Waals surface area contributed by atoms with Gasteiger partial charge in [0.15, 0.2) is 0 Å². The molecule has 0 unspecified atom stereocenters. The van der Waals surface area contributed by atoms with Crippen molar-refractivity contribution in [2.45, 2.75) is 6.54 Å². The lowest BCUT2D eigenvalue weighted by atomic mass is 10.1. The Morgan fingerprint density at radius 2 is 1.80 bits per heavy atom. The summed E-state index contributed by atoms with van der Waals surface area (Å²) >= 11 is 4.25. The Labute approximate surface area is 183 Å². The third-order valence-corrected chi connectivity index (χ3v) is 6.11. The van der Waals surface area contributed by atoms with E-state index in [2.05, 4.69) is 15.9 Å². The summed E-state index contributed by atoms with van der Waals surface area (Å²) in [6, 6.07) is 16.8. The highest BCUT2D eigenvalue weighted by molar-refractivity contribution is 9.10. The van der Waals surface area contributed by atoms with Gasteiger partial charge in [-0.15, -0.1) is 0 Å². The normalized spacial score (nSPS) is 15.2. The molecular formula is C21H13BrN2O5S. The molecule has 0 N–H and O–H groups in total. The molecular weight excluding hydrogens is 472 g/mol. The van der Waals surface area contributed by atoms with Crippen LogP contribution in [0.5, 0.6) is 0 Å². The number of nitrogens with zero attached hydrogens (tertiary/aromatic N) is 2. The van der Waals surface area contributed by atoms with Crippen LogP contribution < -0.4 is 0 Å². The number of hydrogen-bond acceptors (Lipinski definition) is 6. The van der Waals surface area contributed by atoms with Crippen LogP contribution in [0.1, 0.15) is 11.3 Å². The van der Waals surface area contributed by atoms with Crippen molar-refractivity contribution >= 4 is 50.6 Å². The number of rotatable bonds is 5. The standard InChI is InChI=1S/C21H13BrN2O5S/c22-16-7-3-1-5-13(16)12-23-20(25)19(30-21(23)26)11-14-9-10-18(29-14)15-6-2-4-8-17(15)24(27)28/h1-11H,12H2/b19-11-. The summed E-state index contributed by atoms with van der Waals surface area (Å²) in [7, 11) is 0. The van der Waals surface area contributed by atoms with Gasteiger partial charge in [0.2, 0.25) is 0 Å².